The number of fused-ring (bicyclic) bond motifs is 15. The Morgan fingerprint density at radius 1 is 0.635 bits per heavy atom. The van der Waals surface area contributed by atoms with E-state index in [2.05, 4.69) is 205 Å². The molecule has 5 aromatic carbocycles. The minimum atomic E-state index is -0.225. The molecule has 0 amide bonds. The van der Waals surface area contributed by atoms with Crippen LogP contribution < -0.4 is 20.0 Å². The van der Waals surface area contributed by atoms with Gasteiger partial charge in [-0.2, -0.15) is 10.5 Å². The number of rotatable bonds is 12. The van der Waals surface area contributed by atoms with E-state index in [0.29, 0.717) is 47.6 Å². The molecule has 0 aliphatic carbocycles. The average molecular weight is 1380 g/mol. The first-order valence-corrected chi connectivity index (χ1v) is 36.4. The molecule has 3 atom stereocenters. The lowest BCUT2D eigenvalue weighted by atomic mass is 9.81. The molecule has 4 fully saturated rings. The van der Waals surface area contributed by atoms with Crippen LogP contribution in [0.2, 0.25) is 0 Å². The van der Waals surface area contributed by atoms with Crippen molar-refractivity contribution in [3.8, 4) is 97.1 Å². The molecule has 7 aliphatic heterocycles. The maximum absolute atomic E-state index is 13.4. The van der Waals surface area contributed by atoms with Crippen LogP contribution in [0, 0.1) is 39.8 Å². The molecule has 21 heteroatoms. The van der Waals surface area contributed by atoms with Crippen LogP contribution in [-0.4, -0.2) is 160 Å². The van der Waals surface area contributed by atoms with Gasteiger partial charge in [0, 0.05) is 149 Å². The third-order valence-electron chi connectivity index (χ3n) is 22.8. The van der Waals surface area contributed by atoms with Crippen LogP contribution in [0.1, 0.15) is 73.2 Å². The third kappa shape index (κ3) is 12.3. The van der Waals surface area contributed by atoms with Crippen molar-refractivity contribution in [3.63, 3.8) is 0 Å². The molecule has 20 nitrogen and oxygen atoms in total. The third-order valence-corrected chi connectivity index (χ3v) is 22.8. The Hall–Kier alpha value is -11.2. The lowest BCUT2D eigenvalue weighted by Gasteiger charge is -2.39. The first-order valence-electron chi connectivity index (χ1n) is 36.4. The van der Waals surface area contributed by atoms with E-state index in [-0.39, 0.29) is 12.4 Å². The second-order valence-electron chi connectivity index (χ2n) is 29.5. The Balaban J connectivity index is 0.000000116. The van der Waals surface area contributed by atoms with E-state index >= 15 is 0 Å². The van der Waals surface area contributed by atoms with Gasteiger partial charge in [-0.1, -0.05) is 43.3 Å². The van der Waals surface area contributed by atoms with E-state index in [4.69, 9.17) is 20.5 Å². The van der Waals surface area contributed by atoms with Crippen molar-refractivity contribution in [3.05, 3.63) is 222 Å². The Bertz CT molecular complexity index is 5260. The van der Waals surface area contributed by atoms with Crippen molar-refractivity contribution in [1.29, 1.82) is 10.5 Å². The second kappa shape index (κ2) is 27.2. The number of aliphatic hydroxyl groups is 1. The highest BCUT2D eigenvalue weighted by molar-refractivity contribution is 5.76. The van der Waals surface area contributed by atoms with Gasteiger partial charge < -0.3 is 48.6 Å². The zero-order chi connectivity index (χ0) is 70.9. The predicted octanol–water partition coefficient (Wildman–Crippen LogP) is 12.8. The van der Waals surface area contributed by atoms with Gasteiger partial charge in [-0.15, -0.1) is 10.2 Å². The molecule has 104 heavy (non-hydrogen) atoms. The van der Waals surface area contributed by atoms with Gasteiger partial charge in [0.1, 0.15) is 18.0 Å². The highest BCUT2D eigenvalue weighted by Gasteiger charge is 2.43. The zero-order valence-electron chi connectivity index (χ0n) is 59.4. The van der Waals surface area contributed by atoms with Crippen LogP contribution in [0.4, 0.5) is 21.6 Å². The van der Waals surface area contributed by atoms with Gasteiger partial charge in [-0.25, -0.2) is 19.3 Å². The summed E-state index contributed by atoms with van der Waals surface area (Å²) >= 11 is 0. The summed E-state index contributed by atoms with van der Waals surface area (Å²) in [6.45, 7) is 16.5. The van der Waals surface area contributed by atoms with E-state index in [9.17, 15) is 9.50 Å². The van der Waals surface area contributed by atoms with E-state index in [0.717, 1.165) is 168 Å². The number of anilines is 3. The lowest BCUT2D eigenvalue weighted by molar-refractivity contribution is 0.199. The van der Waals surface area contributed by atoms with Crippen LogP contribution in [0.25, 0.3) is 85.0 Å². The number of benzene rings is 5. The maximum atomic E-state index is 13.4. The molecule has 0 unspecified atom stereocenters. The smallest absolute Gasteiger partial charge is 0.185 e. The van der Waals surface area contributed by atoms with Gasteiger partial charge in [-0.3, -0.25) is 13.7 Å². The molecule has 1 spiro atoms. The van der Waals surface area contributed by atoms with Crippen LogP contribution in [0.5, 0.6) is 0 Å². The summed E-state index contributed by atoms with van der Waals surface area (Å²) in [6.07, 6.45) is 18.7. The fourth-order valence-corrected chi connectivity index (χ4v) is 16.5. The Morgan fingerprint density at radius 2 is 1.23 bits per heavy atom. The molecule has 7 aromatic heterocycles. The molecule has 524 valence electrons. The first-order chi connectivity index (χ1) is 50.8. The molecule has 0 radical (unpaired) electrons. The molecular weight excluding hydrogens is 1300 g/mol. The standard InChI is InChI=1S/C30H33N7.C28H28N6O.C25H23FN6/c1-4-21(2)34(3)16-23-11-12-35(17-23)27-9-10-28-26(13-27)19-36-18-25(24-7-5-22(15-31)6-8-24)14-29(36)30-33-32-20-37(28)30;1-31(2)24-9-10-32(17-24)23-7-8-26-22(11-23)16-33-15-21(20-5-3-19(13-29)4-6-20)12-27(33)28-30-14-25(18-35)34(26)28;26-19-3-1-17(2-4-19)18-11-22-24-28-8-10-32(24)21-5-6-23(29-20(21)13-31(22)12-18)30-9-7-25(16-30)14-27-15-25/h5-10,13-14,18,20-21,23H,4,11-12,16-17,19H2,1-3H3;3-8,11-12,14-15,24,35H,9-10,16-18H2,1-2H3;1-6,8,10-12,27H,7,9,13-16H2/t21-,23+;24-;/m01./s1. The Kier molecular flexibility index (Phi) is 17.3. The van der Waals surface area contributed by atoms with Crippen molar-refractivity contribution >= 4 is 17.2 Å². The number of aromatic nitrogens is 11. The van der Waals surface area contributed by atoms with Crippen LogP contribution >= 0.6 is 0 Å². The topological polar surface area (TPSA) is 190 Å². The molecule has 7 aliphatic rings. The van der Waals surface area contributed by atoms with E-state index < -0.39 is 0 Å². The van der Waals surface area contributed by atoms with Crippen LogP contribution in [-0.2, 0) is 26.2 Å². The number of likely N-dealkylation sites (N-methyl/N-ethyl adjacent to an activating group) is 1. The molecular formula is C83H84FN19O. The number of hydrogen-bond acceptors (Lipinski definition) is 14. The van der Waals surface area contributed by atoms with Crippen LogP contribution in [0.3, 0.4) is 0 Å². The fraction of sp³-hybridized carbons (Fsp3) is 0.313. The van der Waals surface area contributed by atoms with Gasteiger partial charge >= 0.3 is 0 Å². The molecule has 14 heterocycles. The number of nitrogens with one attached hydrogen (secondary N) is 1. The first kappa shape index (κ1) is 66.1. The number of hydrogen-bond donors (Lipinski definition) is 2. The highest BCUT2D eigenvalue weighted by Crippen LogP contribution is 2.42. The maximum Gasteiger partial charge on any atom is 0.185 e. The summed E-state index contributed by atoms with van der Waals surface area (Å²) < 4.78 is 26.5. The van der Waals surface area contributed by atoms with Gasteiger partial charge in [0.05, 0.1) is 88.1 Å². The van der Waals surface area contributed by atoms with Crippen molar-refractivity contribution in [2.45, 2.75) is 77.9 Å². The summed E-state index contributed by atoms with van der Waals surface area (Å²) in [4.78, 5) is 26.8. The van der Waals surface area contributed by atoms with Crippen LogP contribution in [0.15, 0.2) is 183 Å². The molecule has 4 saturated heterocycles. The van der Waals surface area contributed by atoms with Gasteiger partial charge in [-0.05, 0) is 191 Å². The largest absolute Gasteiger partial charge is 0.390 e. The monoisotopic (exact) mass is 1380 g/mol. The van der Waals surface area contributed by atoms with Gasteiger partial charge in [0.25, 0.3) is 0 Å². The zero-order valence-corrected chi connectivity index (χ0v) is 59.4. The minimum Gasteiger partial charge on any atom is -0.390 e. The SMILES string of the molecule is CC[C@H](C)N(C)C[C@H]1CCN(c2ccc3c(c2)Cn2cc(-c4ccc(C#N)cc4)cc2-c2nncn2-3)C1.CN(C)[C@@H]1CCN(c2ccc3c(c2)Cn2cc(-c4ccc(C#N)cc4)cc2-c2ncc(CO)n2-3)C1.Fc1ccc(-c2cc3n(c2)Cc2nc(N4CCC5(CNC5)C4)ccc2-n2ccnc2-3)cc1. The Labute approximate surface area is 605 Å². The van der Waals surface area contributed by atoms with Crippen molar-refractivity contribution < 1.29 is 9.50 Å². The number of imidazole rings is 2. The van der Waals surface area contributed by atoms with Crippen molar-refractivity contribution in [1.82, 2.24) is 67.7 Å². The molecule has 0 bridgehead atoms. The van der Waals surface area contributed by atoms with Gasteiger partial charge in [0.2, 0.25) is 0 Å². The number of nitriles is 2. The fourth-order valence-electron chi connectivity index (χ4n) is 16.5. The highest BCUT2D eigenvalue weighted by atomic mass is 19.1. The number of pyridine rings is 1. The van der Waals surface area contributed by atoms with E-state index in [1.807, 2.05) is 79.4 Å². The summed E-state index contributed by atoms with van der Waals surface area (Å²) in [6, 6.07) is 51.9. The second-order valence-corrected chi connectivity index (χ2v) is 29.5. The van der Waals surface area contributed by atoms with Crippen molar-refractivity contribution in [2.75, 3.05) is 94.7 Å². The minimum absolute atomic E-state index is 0.0754. The molecule has 12 aromatic rings. The number of halogens is 1. The van der Waals surface area contributed by atoms with E-state index in [1.54, 1.807) is 6.20 Å². The van der Waals surface area contributed by atoms with E-state index in [1.165, 1.54) is 60.3 Å². The normalized spacial score (nSPS) is 17.2. The number of nitrogens with zero attached hydrogens (tertiary/aromatic N) is 18. The quantitative estimate of drug-likeness (QED) is 0.117. The number of aliphatic hydroxyl groups excluding tert-OH is 1. The molecule has 19 rings (SSSR count). The predicted molar refractivity (Wildman–Crippen MR) is 405 cm³/mol. The summed E-state index contributed by atoms with van der Waals surface area (Å²) in [5.74, 6) is 4.11. The Morgan fingerprint density at radius 3 is 1.84 bits per heavy atom. The molecule has 0 saturated carbocycles. The summed E-state index contributed by atoms with van der Waals surface area (Å²) in [5, 5.41) is 40.5. The van der Waals surface area contributed by atoms with Gasteiger partial charge in [0.15, 0.2) is 17.5 Å². The lowest BCUT2D eigenvalue weighted by Crippen LogP contribution is -2.54. The average Bonchev–Trinajstić information content (AvgIpc) is 1.61. The summed E-state index contributed by atoms with van der Waals surface area (Å²) in [5.41, 5.74) is 21.3. The summed E-state index contributed by atoms with van der Waals surface area (Å²) in [7, 11) is 6.57. The van der Waals surface area contributed by atoms with Crippen molar-refractivity contribution in [2.24, 2.45) is 11.3 Å². The molecule has 2 N–H and O–H groups in total.